The predicted octanol–water partition coefficient (Wildman–Crippen LogP) is 3.12. The second-order valence-electron chi connectivity index (χ2n) is 5.78. The maximum Gasteiger partial charge on any atom is 0.226 e. The van der Waals surface area contributed by atoms with Crippen LogP contribution in [0.15, 0.2) is 22.7 Å². The summed E-state index contributed by atoms with van der Waals surface area (Å²) in [5.74, 6) is 1.52. The van der Waals surface area contributed by atoms with E-state index in [4.69, 9.17) is 4.52 Å². The molecule has 0 radical (unpaired) electrons. The normalized spacial score (nSPS) is 18.9. The Morgan fingerprint density at radius 1 is 1.38 bits per heavy atom. The third-order valence-corrected chi connectivity index (χ3v) is 3.93. The molecule has 2 aromatic rings. The van der Waals surface area contributed by atoms with Crippen molar-refractivity contribution in [2.24, 2.45) is 5.92 Å². The van der Waals surface area contributed by atoms with Crippen molar-refractivity contribution in [3.05, 3.63) is 35.5 Å². The predicted molar refractivity (Wildman–Crippen MR) is 78.3 cm³/mol. The second kappa shape index (κ2) is 6.35. The number of nitrogens with zero attached hydrogens (tertiary/aromatic N) is 2. The fourth-order valence-corrected chi connectivity index (χ4v) is 2.84. The first-order valence-electron chi connectivity index (χ1n) is 7.51. The number of halogens is 1. The van der Waals surface area contributed by atoms with Gasteiger partial charge in [-0.3, -0.25) is 0 Å². The lowest BCUT2D eigenvalue weighted by molar-refractivity contribution is 0.327. The Morgan fingerprint density at radius 3 is 3.05 bits per heavy atom. The van der Waals surface area contributed by atoms with Crippen LogP contribution in [0, 0.1) is 18.7 Å². The quantitative estimate of drug-likeness (QED) is 0.939. The number of hydrogen-bond donors (Lipinski definition) is 1. The molecular weight excluding hydrogens is 269 g/mol. The van der Waals surface area contributed by atoms with E-state index in [0.717, 1.165) is 31.5 Å². The SMILES string of the molecule is Cc1cc(F)cc(-c2noc(CCC3CCCNC3)n2)c1. The van der Waals surface area contributed by atoms with Crippen LogP contribution in [0.3, 0.4) is 0 Å². The van der Waals surface area contributed by atoms with E-state index in [-0.39, 0.29) is 5.82 Å². The van der Waals surface area contributed by atoms with Crippen molar-refractivity contribution in [1.29, 1.82) is 0 Å². The van der Waals surface area contributed by atoms with Gasteiger partial charge in [0.1, 0.15) is 5.82 Å². The summed E-state index contributed by atoms with van der Waals surface area (Å²) >= 11 is 0. The van der Waals surface area contributed by atoms with Gasteiger partial charge < -0.3 is 9.84 Å². The zero-order valence-corrected chi connectivity index (χ0v) is 12.2. The summed E-state index contributed by atoms with van der Waals surface area (Å²) in [7, 11) is 0. The maximum absolute atomic E-state index is 13.4. The molecular formula is C16H20FN3O. The Bertz CT molecular complexity index is 585. The average molecular weight is 289 g/mol. The van der Waals surface area contributed by atoms with Gasteiger partial charge in [-0.15, -0.1) is 0 Å². The van der Waals surface area contributed by atoms with Crippen molar-refractivity contribution < 1.29 is 8.91 Å². The molecule has 2 heterocycles. The van der Waals surface area contributed by atoms with Crippen LogP contribution < -0.4 is 5.32 Å². The van der Waals surface area contributed by atoms with E-state index in [1.54, 1.807) is 0 Å². The third-order valence-electron chi connectivity index (χ3n) is 3.93. The van der Waals surface area contributed by atoms with Crippen molar-refractivity contribution >= 4 is 0 Å². The second-order valence-corrected chi connectivity index (χ2v) is 5.78. The van der Waals surface area contributed by atoms with E-state index in [1.807, 2.05) is 13.0 Å². The monoisotopic (exact) mass is 289 g/mol. The van der Waals surface area contributed by atoms with Crippen molar-refractivity contribution in [2.45, 2.75) is 32.6 Å². The highest BCUT2D eigenvalue weighted by Crippen LogP contribution is 2.21. The Balaban J connectivity index is 1.65. The molecule has 0 bridgehead atoms. The smallest absolute Gasteiger partial charge is 0.226 e. The summed E-state index contributed by atoms with van der Waals surface area (Å²) in [6.45, 7) is 4.05. The van der Waals surface area contributed by atoms with Crippen LogP contribution in [0.1, 0.15) is 30.7 Å². The average Bonchev–Trinajstić information content (AvgIpc) is 2.94. The Kier molecular flexibility index (Phi) is 4.29. The van der Waals surface area contributed by atoms with Crippen LogP contribution in [0.2, 0.25) is 0 Å². The van der Waals surface area contributed by atoms with Gasteiger partial charge in [0.15, 0.2) is 0 Å². The summed E-state index contributed by atoms with van der Waals surface area (Å²) in [4.78, 5) is 4.38. The molecule has 1 atom stereocenters. The number of aromatic nitrogens is 2. The number of nitrogens with one attached hydrogen (secondary N) is 1. The molecule has 1 saturated heterocycles. The van der Waals surface area contributed by atoms with E-state index < -0.39 is 0 Å². The largest absolute Gasteiger partial charge is 0.339 e. The van der Waals surface area contributed by atoms with Gasteiger partial charge in [0.25, 0.3) is 0 Å². The summed E-state index contributed by atoms with van der Waals surface area (Å²) in [6, 6.07) is 4.79. The molecule has 21 heavy (non-hydrogen) atoms. The molecule has 0 spiro atoms. The molecule has 0 aliphatic carbocycles. The third kappa shape index (κ3) is 3.67. The highest BCUT2D eigenvalue weighted by Gasteiger charge is 2.15. The van der Waals surface area contributed by atoms with Gasteiger partial charge >= 0.3 is 0 Å². The van der Waals surface area contributed by atoms with Gasteiger partial charge in [-0.05, 0) is 69.0 Å². The molecule has 3 rings (SSSR count). The minimum atomic E-state index is -0.273. The molecule has 112 valence electrons. The Hall–Kier alpha value is -1.75. The first kappa shape index (κ1) is 14.2. The number of piperidine rings is 1. The summed E-state index contributed by atoms with van der Waals surface area (Å²) in [6.07, 6.45) is 4.34. The van der Waals surface area contributed by atoms with E-state index in [1.165, 1.54) is 25.0 Å². The van der Waals surface area contributed by atoms with E-state index in [9.17, 15) is 4.39 Å². The lowest BCUT2D eigenvalue weighted by Gasteiger charge is -2.21. The van der Waals surface area contributed by atoms with Gasteiger partial charge in [-0.1, -0.05) is 5.16 Å². The summed E-state index contributed by atoms with van der Waals surface area (Å²) in [5, 5.41) is 7.37. The number of rotatable bonds is 4. The number of hydrogen-bond acceptors (Lipinski definition) is 4. The van der Waals surface area contributed by atoms with Crippen LogP contribution in [0.4, 0.5) is 4.39 Å². The zero-order chi connectivity index (χ0) is 14.7. The Morgan fingerprint density at radius 2 is 2.29 bits per heavy atom. The van der Waals surface area contributed by atoms with E-state index in [0.29, 0.717) is 23.2 Å². The fourth-order valence-electron chi connectivity index (χ4n) is 2.84. The fraction of sp³-hybridized carbons (Fsp3) is 0.500. The van der Waals surface area contributed by atoms with Crippen LogP contribution in [-0.2, 0) is 6.42 Å². The van der Waals surface area contributed by atoms with Gasteiger partial charge in [-0.25, -0.2) is 4.39 Å². The highest BCUT2D eigenvalue weighted by molar-refractivity contribution is 5.55. The van der Waals surface area contributed by atoms with Crippen molar-refractivity contribution in [3.63, 3.8) is 0 Å². The molecule has 1 aromatic heterocycles. The molecule has 4 nitrogen and oxygen atoms in total. The maximum atomic E-state index is 13.4. The molecule has 5 heteroatoms. The van der Waals surface area contributed by atoms with Gasteiger partial charge in [0.2, 0.25) is 11.7 Å². The highest BCUT2D eigenvalue weighted by atomic mass is 19.1. The first-order valence-corrected chi connectivity index (χ1v) is 7.51. The summed E-state index contributed by atoms with van der Waals surface area (Å²) in [5.41, 5.74) is 1.52. The van der Waals surface area contributed by atoms with Crippen LogP contribution in [0.5, 0.6) is 0 Å². The lowest BCUT2D eigenvalue weighted by Crippen LogP contribution is -2.29. The van der Waals surface area contributed by atoms with E-state index in [2.05, 4.69) is 15.5 Å². The van der Waals surface area contributed by atoms with E-state index >= 15 is 0 Å². The van der Waals surface area contributed by atoms with Crippen LogP contribution in [-0.4, -0.2) is 23.2 Å². The van der Waals surface area contributed by atoms with Gasteiger partial charge in [0.05, 0.1) is 0 Å². The Labute approximate surface area is 123 Å². The minimum absolute atomic E-state index is 0.273. The van der Waals surface area contributed by atoms with Crippen molar-refractivity contribution in [1.82, 2.24) is 15.5 Å². The van der Waals surface area contributed by atoms with Gasteiger partial charge in [-0.2, -0.15) is 4.98 Å². The molecule has 0 saturated carbocycles. The van der Waals surface area contributed by atoms with Gasteiger partial charge in [0, 0.05) is 12.0 Å². The standard InChI is InChI=1S/C16H20FN3O/c1-11-7-13(9-14(17)8-11)16-19-15(21-20-16)5-4-12-3-2-6-18-10-12/h7-9,12,18H,2-6,10H2,1H3. The number of aryl methyl sites for hydroxylation is 2. The molecule has 1 aliphatic rings. The zero-order valence-electron chi connectivity index (χ0n) is 12.2. The minimum Gasteiger partial charge on any atom is -0.339 e. The first-order chi connectivity index (χ1) is 10.2. The molecule has 1 aliphatic heterocycles. The van der Waals surface area contributed by atoms with Crippen LogP contribution in [0.25, 0.3) is 11.4 Å². The lowest BCUT2D eigenvalue weighted by atomic mass is 9.95. The topological polar surface area (TPSA) is 51.0 Å². The molecule has 1 unspecified atom stereocenters. The van der Waals surface area contributed by atoms with Crippen molar-refractivity contribution in [2.75, 3.05) is 13.1 Å². The molecule has 1 fully saturated rings. The number of benzene rings is 1. The molecule has 1 N–H and O–H groups in total. The summed E-state index contributed by atoms with van der Waals surface area (Å²) < 4.78 is 18.7. The van der Waals surface area contributed by atoms with Crippen molar-refractivity contribution in [3.8, 4) is 11.4 Å². The van der Waals surface area contributed by atoms with Crippen LogP contribution >= 0.6 is 0 Å². The molecule has 1 aromatic carbocycles. The molecule has 0 amide bonds.